The van der Waals surface area contributed by atoms with E-state index in [1.807, 2.05) is 13.8 Å². The predicted molar refractivity (Wildman–Crippen MR) is 72.0 cm³/mol. The maximum absolute atomic E-state index is 13.6. The van der Waals surface area contributed by atoms with Gasteiger partial charge in [-0.1, -0.05) is 25.4 Å². The maximum Gasteiger partial charge on any atom is 0.242 e. The minimum atomic E-state index is -3.78. The Bertz CT molecular complexity index is 560. The Hall–Kier alpha value is -0.690. The van der Waals surface area contributed by atoms with Crippen LogP contribution in [0.25, 0.3) is 0 Å². The lowest BCUT2D eigenvalue weighted by atomic mass is 10.2. The molecule has 0 atom stereocenters. The molecule has 1 rings (SSSR count). The molecule has 19 heavy (non-hydrogen) atoms. The third-order valence-electron chi connectivity index (χ3n) is 2.58. The highest BCUT2D eigenvalue weighted by Gasteiger charge is 2.24. The van der Waals surface area contributed by atoms with Crippen molar-refractivity contribution in [2.75, 3.05) is 13.6 Å². The smallest absolute Gasteiger partial charge is 0.242 e. The number of hydrogen-bond donors (Lipinski definition) is 1. The molecule has 1 aromatic rings. The van der Waals surface area contributed by atoms with E-state index in [9.17, 15) is 12.8 Å². The second-order valence-electron chi connectivity index (χ2n) is 4.72. The molecule has 0 bridgehead atoms. The number of benzene rings is 1. The quantitative estimate of drug-likeness (QED) is 0.907. The molecule has 108 valence electrons. The van der Waals surface area contributed by atoms with Gasteiger partial charge < -0.3 is 5.11 Å². The third-order valence-corrected chi connectivity index (χ3v) is 4.80. The lowest BCUT2D eigenvalue weighted by molar-refractivity contribution is 0.281. The van der Waals surface area contributed by atoms with Crippen LogP contribution in [0.4, 0.5) is 4.39 Å². The van der Waals surface area contributed by atoms with Crippen molar-refractivity contribution in [2.45, 2.75) is 25.3 Å². The summed E-state index contributed by atoms with van der Waals surface area (Å²) < 4.78 is 39.2. The van der Waals surface area contributed by atoms with Crippen molar-refractivity contribution in [2.24, 2.45) is 5.92 Å². The van der Waals surface area contributed by atoms with Crippen LogP contribution in [-0.2, 0) is 16.6 Å². The van der Waals surface area contributed by atoms with Gasteiger partial charge in [0.15, 0.2) is 0 Å². The molecule has 0 radical (unpaired) electrons. The van der Waals surface area contributed by atoms with Crippen molar-refractivity contribution in [1.82, 2.24) is 4.31 Å². The molecule has 0 amide bonds. The molecule has 0 aliphatic carbocycles. The molecule has 0 heterocycles. The molecule has 0 unspecified atom stereocenters. The van der Waals surface area contributed by atoms with Crippen molar-refractivity contribution in [3.05, 3.63) is 28.5 Å². The van der Waals surface area contributed by atoms with Crippen LogP contribution >= 0.6 is 11.6 Å². The van der Waals surface area contributed by atoms with Crippen molar-refractivity contribution >= 4 is 21.6 Å². The van der Waals surface area contributed by atoms with Gasteiger partial charge in [0, 0.05) is 19.2 Å². The highest BCUT2D eigenvalue weighted by Crippen LogP contribution is 2.26. The number of halogens is 2. The summed E-state index contributed by atoms with van der Waals surface area (Å²) in [6.07, 6.45) is 0. The summed E-state index contributed by atoms with van der Waals surface area (Å²) in [7, 11) is -2.35. The summed E-state index contributed by atoms with van der Waals surface area (Å²) in [5, 5.41) is 8.80. The van der Waals surface area contributed by atoms with Gasteiger partial charge in [-0.15, -0.1) is 0 Å². The van der Waals surface area contributed by atoms with Crippen molar-refractivity contribution in [3.8, 4) is 0 Å². The largest absolute Gasteiger partial charge is 0.392 e. The highest BCUT2D eigenvalue weighted by atomic mass is 35.5. The summed E-state index contributed by atoms with van der Waals surface area (Å²) in [6, 6.07) is 2.06. The molecule has 0 spiro atoms. The Morgan fingerprint density at radius 3 is 2.47 bits per heavy atom. The van der Waals surface area contributed by atoms with Gasteiger partial charge in [-0.05, 0) is 18.1 Å². The van der Waals surface area contributed by atoms with E-state index in [1.54, 1.807) is 0 Å². The van der Waals surface area contributed by atoms with E-state index in [2.05, 4.69) is 0 Å². The van der Waals surface area contributed by atoms with Gasteiger partial charge in [-0.3, -0.25) is 0 Å². The summed E-state index contributed by atoms with van der Waals surface area (Å²) >= 11 is 5.64. The molecule has 1 aromatic carbocycles. The minimum Gasteiger partial charge on any atom is -0.392 e. The average molecular weight is 310 g/mol. The lowest BCUT2D eigenvalue weighted by Crippen LogP contribution is -2.30. The SMILES string of the molecule is CC(C)CN(C)S(=O)(=O)c1cc(F)c(Cl)c(CO)c1. The first-order valence-electron chi connectivity index (χ1n) is 5.75. The normalized spacial score (nSPS) is 12.4. The summed E-state index contributed by atoms with van der Waals surface area (Å²) in [5.74, 6) is -0.709. The van der Waals surface area contributed by atoms with E-state index >= 15 is 0 Å². The number of nitrogens with zero attached hydrogens (tertiary/aromatic N) is 1. The molecule has 7 heteroatoms. The second kappa shape index (κ2) is 6.17. The predicted octanol–water partition coefficient (Wildman–Crippen LogP) is 2.25. The molecule has 0 aromatic heterocycles. The Morgan fingerprint density at radius 1 is 1.42 bits per heavy atom. The minimum absolute atomic E-state index is 0.0539. The van der Waals surface area contributed by atoms with Gasteiger partial charge in [-0.25, -0.2) is 17.1 Å². The zero-order valence-electron chi connectivity index (χ0n) is 11.0. The van der Waals surface area contributed by atoms with Gasteiger partial charge in [0.1, 0.15) is 5.82 Å². The molecular formula is C12H17ClFNO3S. The third kappa shape index (κ3) is 3.66. The van der Waals surface area contributed by atoms with E-state index in [1.165, 1.54) is 13.1 Å². The average Bonchev–Trinajstić information content (AvgIpc) is 2.31. The fourth-order valence-electron chi connectivity index (χ4n) is 1.67. The first-order chi connectivity index (χ1) is 8.70. The van der Waals surface area contributed by atoms with Gasteiger partial charge in [-0.2, -0.15) is 0 Å². The van der Waals surface area contributed by atoms with Crippen LogP contribution in [0.1, 0.15) is 19.4 Å². The monoisotopic (exact) mass is 309 g/mol. The van der Waals surface area contributed by atoms with Gasteiger partial charge in [0.25, 0.3) is 0 Å². The molecule has 0 saturated carbocycles. The molecule has 4 nitrogen and oxygen atoms in total. The Morgan fingerprint density at radius 2 is 2.00 bits per heavy atom. The molecule has 0 aliphatic rings. The topological polar surface area (TPSA) is 57.6 Å². The van der Waals surface area contributed by atoms with Gasteiger partial charge >= 0.3 is 0 Å². The van der Waals surface area contributed by atoms with E-state index in [0.29, 0.717) is 6.54 Å². The van der Waals surface area contributed by atoms with Crippen LogP contribution in [0, 0.1) is 11.7 Å². The molecule has 0 fully saturated rings. The van der Waals surface area contributed by atoms with E-state index in [0.717, 1.165) is 10.4 Å². The van der Waals surface area contributed by atoms with Crippen molar-refractivity contribution < 1.29 is 17.9 Å². The van der Waals surface area contributed by atoms with Crippen molar-refractivity contribution in [1.29, 1.82) is 0 Å². The lowest BCUT2D eigenvalue weighted by Gasteiger charge is -2.19. The zero-order valence-corrected chi connectivity index (χ0v) is 12.6. The first-order valence-corrected chi connectivity index (χ1v) is 7.57. The van der Waals surface area contributed by atoms with Crippen LogP contribution in [0.3, 0.4) is 0 Å². The molecule has 1 N–H and O–H groups in total. The Balaban J connectivity index is 3.26. The fourth-order valence-corrected chi connectivity index (χ4v) is 3.24. The highest BCUT2D eigenvalue weighted by molar-refractivity contribution is 7.89. The number of sulfonamides is 1. The molecule has 0 saturated heterocycles. The van der Waals surface area contributed by atoms with Gasteiger partial charge in [0.2, 0.25) is 10.0 Å². The summed E-state index contributed by atoms with van der Waals surface area (Å²) in [5.41, 5.74) is 0.0539. The Labute approximate surface area is 117 Å². The zero-order chi connectivity index (χ0) is 14.8. The van der Waals surface area contributed by atoms with Gasteiger partial charge in [0.05, 0.1) is 16.5 Å². The van der Waals surface area contributed by atoms with Crippen LogP contribution in [-0.4, -0.2) is 31.4 Å². The van der Waals surface area contributed by atoms with Crippen LogP contribution in [0.2, 0.25) is 5.02 Å². The van der Waals surface area contributed by atoms with E-state index < -0.39 is 22.4 Å². The van der Waals surface area contributed by atoms with Crippen LogP contribution < -0.4 is 0 Å². The van der Waals surface area contributed by atoms with E-state index in [-0.39, 0.29) is 21.4 Å². The van der Waals surface area contributed by atoms with Crippen LogP contribution in [0.5, 0.6) is 0 Å². The van der Waals surface area contributed by atoms with E-state index in [4.69, 9.17) is 16.7 Å². The summed E-state index contributed by atoms with van der Waals surface area (Å²) in [4.78, 5) is -0.207. The van der Waals surface area contributed by atoms with Crippen molar-refractivity contribution in [3.63, 3.8) is 0 Å². The number of aliphatic hydroxyl groups excluding tert-OH is 1. The number of hydrogen-bond acceptors (Lipinski definition) is 3. The fraction of sp³-hybridized carbons (Fsp3) is 0.500. The Kier molecular flexibility index (Phi) is 5.32. The molecular weight excluding hydrogens is 293 g/mol. The number of aliphatic hydroxyl groups is 1. The second-order valence-corrected chi connectivity index (χ2v) is 7.14. The summed E-state index contributed by atoms with van der Waals surface area (Å²) in [6.45, 7) is 3.56. The standard InChI is InChI=1S/C12H17ClFNO3S/c1-8(2)6-15(3)19(17,18)10-4-9(7-16)12(13)11(14)5-10/h4-5,8,16H,6-7H2,1-3H3. The maximum atomic E-state index is 13.6. The van der Waals surface area contributed by atoms with Crippen LogP contribution in [0.15, 0.2) is 17.0 Å². The first kappa shape index (κ1) is 16.4. The number of rotatable bonds is 5. The molecule has 0 aliphatic heterocycles.